The van der Waals surface area contributed by atoms with Gasteiger partial charge in [0.1, 0.15) is 0 Å². The Bertz CT molecular complexity index is 461. The molecule has 2 rings (SSSR count). The minimum absolute atomic E-state index is 0.374. The van der Waals surface area contributed by atoms with Crippen LogP contribution in [0.2, 0.25) is 0 Å². The lowest BCUT2D eigenvalue weighted by Crippen LogP contribution is -2.41. The zero-order valence-electron chi connectivity index (χ0n) is 12.3. The molecule has 5 heteroatoms. The second-order valence-electron chi connectivity index (χ2n) is 6.02. The molecule has 3 nitrogen and oxygen atoms in total. The monoisotopic (exact) mass is 265 g/mol. The molecule has 1 aliphatic rings. The van der Waals surface area contributed by atoms with Crippen LogP contribution in [0, 0.1) is 5.95 Å². The van der Waals surface area contributed by atoms with E-state index in [-0.39, 0.29) is 0 Å². The van der Waals surface area contributed by atoms with E-state index in [0.29, 0.717) is 5.46 Å². The first-order valence-corrected chi connectivity index (χ1v) is 6.78. The largest absolute Gasteiger partial charge is 0.499 e. The Morgan fingerprint density at radius 2 is 1.74 bits per heavy atom. The highest BCUT2D eigenvalue weighted by atomic mass is 19.1. The van der Waals surface area contributed by atoms with Crippen LogP contribution in [0.5, 0.6) is 0 Å². The topological polar surface area (TPSA) is 31.4 Å². The van der Waals surface area contributed by atoms with E-state index in [1.165, 1.54) is 0 Å². The molecule has 0 unspecified atom stereocenters. The van der Waals surface area contributed by atoms with Crippen LogP contribution in [0.15, 0.2) is 12.1 Å². The van der Waals surface area contributed by atoms with Gasteiger partial charge in [0.2, 0.25) is 5.95 Å². The van der Waals surface area contributed by atoms with Crippen molar-refractivity contribution in [2.75, 3.05) is 0 Å². The number of hydrogen-bond donors (Lipinski definition) is 0. The minimum Gasteiger partial charge on any atom is -0.399 e. The molecule has 0 radical (unpaired) electrons. The first kappa shape index (κ1) is 14.5. The summed E-state index contributed by atoms with van der Waals surface area (Å²) < 4.78 is 25.7. The quantitative estimate of drug-likeness (QED) is 0.621. The van der Waals surface area contributed by atoms with Crippen LogP contribution in [-0.4, -0.2) is 23.3 Å². The van der Waals surface area contributed by atoms with Gasteiger partial charge in [-0.1, -0.05) is 19.4 Å². The molecule has 1 saturated heterocycles. The van der Waals surface area contributed by atoms with Crippen LogP contribution in [0.3, 0.4) is 0 Å². The average molecular weight is 265 g/mol. The third-order valence-electron chi connectivity index (χ3n) is 3.95. The summed E-state index contributed by atoms with van der Waals surface area (Å²) in [7, 11) is -0.687. The number of aromatic nitrogens is 1. The zero-order chi connectivity index (χ0) is 14.3. The summed E-state index contributed by atoms with van der Waals surface area (Å²) in [5.74, 6) is -0.496. The molecule has 104 valence electrons. The van der Waals surface area contributed by atoms with Gasteiger partial charge >= 0.3 is 7.12 Å². The maximum Gasteiger partial charge on any atom is 0.499 e. The standard InChI is InChI=1S/C14H21BFNO2/c1-6-7-10-8-9-11(12(16)17-10)15-18-13(2,3)14(4,5)19-15/h8-9H,6-7H2,1-5H3. The molecule has 1 fully saturated rings. The van der Waals surface area contributed by atoms with E-state index >= 15 is 0 Å². The normalized spacial score (nSPS) is 20.8. The highest BCUT2D eigenvalue weighted by Gasteiger charge is 2.52. The third kappa shape index (κ3) is 2.67. The highest BCUT2D eigenvalue weighted by molar-refractivity contribution is 6.62. The molecule has 0 atom stereocenters. The summed E-state index contributed by atoms with van der Waals surface area (Å²) in [6.07, 6.45) is 1.73. The lowest BCUT2D eigenvalue weighted by Gasteiger charge is -2.32. The number of aryl methyl sites for hydroxylation is 1. The Hall–Kier alpha value is -0.935. The smallest absolute Gasteiger partial charge is 0.399 e. The van der Waals surface area contributed by atoms with Crippen molar-refractivity contribution in [3.63, 3.8) is 0 Å². The van der Waals surface area contributed by atoms with Crippen molar-refractivity contribution in [3.05, 3.63) is 23.8 Å². The summed E-state index contributed by atoms with van der Waals surface area (Å²) in [4.78, 5) is 3.98. The maximum atomic E-state index is 14.1. The van der Waals surface area contributed by atoms with E-state index in [4.69, 9.17) is 9.31 Å². The average Bonchev–Trinajstić information content (AvgIpc) is 2.48. The summed E-state index contributed by atoms with van der Waals surface area (Å²) in [5.41, 5.74) is 0.206. The molecule has 0 spiro atoms. The number of pyridine rings is 1. The molecule has 1 aliphatic heterocycles. The van der Waals surface area contributed by atoms with Crippen LogP contribution in [0.1, 0.15) is 46.7 Å². The van der Waals surface area contributed by atoms with Crippen LogP contribution in [-0.2, 0) is 15.7 Å². The molecule has 19 heavy (non-hydrogen) atoms. The number of hydrogen-bond acceptors (Lipinski definition) is 3. The van der Waals surface area contributed by atoms with Gasteiger partial charge in [0.15, 0.2) is 0 Å². The van der Waals surface area contributed by atoms with Crippen LogP contribution in [0.4, 0.5) is 4.39 Å². The molecule has 0 amide bonds. The lowest BCUT2D eigenvalue weighted by molar-refractivity contribution is 0.00578. The molecule has 2 heterocycles. The van der Waals surface area contributed by atoms with E-state index < -0.39 is 24.3 Å². The van der Waals surface area contributed by atoms with Gasteiger partial charge in [-0.25, -0.2) is 4.98 Å². The number of halogens is 1. The van der Waals surface area contributed by atoms with Gasteiger partial charge in [0.25, 0.3) is 0 Å². The van der Waals surface area contributed by atoms with E-state index in [2.05, 4.69) is 4.98 Å². The Morgan fingerprint density at radius 1 is 1.16 bits per heavy atom. The second-order valence-corrected chi connectivity index (χ2v) is 6.02. The summed E-state index contributed by atoms with van der Waals surface area (Å²) in [6.45, 7) is 9.84. The molecular formula is C14H21BFNO2. The van der Waals surface area contributed by atoms with Gasteiger partial charge in [0, 0.05) is 11.2 Å². The van der Waals surface area contributed by atoms with Crippen molar-refractivity contribution in [2.24, 2.45) is 0 Å². The van der Waals surface area contributed by atoms with E-state index in [0.717, 1.165) is 18.5 Å². The number of rotatable bonds is 3. The molecule has 0 aromatic carbocycles. The van der Waals surface area contributed by atoms with Crippen molar-refractivity contribution in [1.29, 1.82) is 0 Å². The minimum atomic E-state index is -0.687. The maximum absolute atomic E-state index is 14.1. The van der Waals surface area contributed by atoms with Crippen molar-refractivity contribution in [2.45, 2.75) is 58.7 Å². The zero-order valence-corrected chi connectivity index (χ0v) is 12.3. The molecule has 0 saturated carbocycles. The third-order valence-corrected chi connectivity index (χ3v) is 3.95. The van der Waals surface area contributed by atoms with Crippen LogP contribution in [0.25, 0.3) is 0 Å². The van der Waals surface area contributed by atoms with Gasteiger partial charge in [0.05, 0.1) is 11.2 Å². The van der Waals surface area contributed by atoms with Crippen molar-refractivity contribution < 1.29 is 13.7 Å². The van der Waals surface area contributed by atoms with E-state index in [1.807, 2.05) is 40.7 Å². The van der Waals surface area contributed by atoms with Gasteiger partial charge in [-0.05, 0) is 40.2 Å². The first-order valence-electron chi connectivity index (χ1n) is 6.78. The molecule has 0 bridgehead atoms. The van der Waals surface area contributed by atoms with Gasteiger partial charge in [-0.2, -0.15) is 4.39 Å². The Kier molecular flexibility index (Phi) is 3.71. The van der Waals surface area contributed by atoms with Crippen molar-refractivity contribution in [1.82, 2.24) is 4.98 Å². The van der Waals surface area contributed by atoms with Crippen molar-refractivity contribution in [3.8, 4) is 0 Å². The lowest BCUT2D eigenvalue weighted by atomic mass is 9.80. The van der Waals surface area contributed by atoms with Crippen LogP contribution < -0.4 is 5.46 Å². The van der Waals surface area contributed by atoms with E-state index in [9.17, 15) is 4.39 Å². The number of nitrogens with zero attached hydrogens (tertiary/aromatic N) is 1. The fraction of sp³-hybridized carbons (Fsp3) is 0.643. The summed E-state index contributed by atoms with van der Waals surface area (Å²) >= 11 is 0. The fourth-order valence-electron chi connectivity index (χ4n) is 2.02. The van der Waals surface area contributed by atoms with E-state index in [1.54, 1.807) is 6.07 Å². The fourth-order valence-corrected chi connectivity index (χ4v) is 2.02. The predicted molar refractivity (Wildman–Crippen MR) is 73.9 cm³/mol. The Labute approximate surface area is 114 Å². The van der Waals surface area contributed by atoms with Gasteiger partial charge in [-0.15, -0.1) is 0 Å². The van der Waals surface area contributed by atoms with Gasteiger partial charge < -0.3 is 9.31 Å². The highest BCUT2D eigenvalue weighted by Crippen LogP contribution is 2.36. The Morgan fingerprint density at radius 3 is 2.21 bits per heavy atom. The SMILES string of the molecule is CCCc1ccc(B2OC(C)(C)C(C)(C)O2)c(F)n1. The summed E-state index contributed by atoms with van der Waals surface area (Å²) in [6, 6.07) is 3.56. The molecule has 0 aliphatic carbocycles. The molecule has 1 aromatic heterocycles. The van der Waals surface area contributed by atoms with Gasteiger partial charge in [-0.3, -0.25) is 0 Å². The molecular weight excluding hydrogens is 244 g/mol. The first-order chi connectivity index (χ1) is 8.77. The predicted octanol–water partition coefficient (Wildman–Crippen LogP) is 2.47. The summed E-state index contributed by atoms with van der Waals surface area (Å²) in [5, 5.41) is 0. The van der Waals surface area contributed by atoms with Crippen molar-refractivity contribution >= 4 is 12.6 Å². The Balaban J connectivity index is 2.25. The van der Waals surface area contributed by atoms with Crippen LogP contribution >= 0.6 is 0 Å². The molecule has 0 N–H and O–H groups in total. The molecule has 1 aromatic rings. The second kappa shape index (κ2) is 4.87.